The molecule has 0 heterocycles. The van der Waals surface area contributed by atoms with Crippen LogP contribution in [0.15, 0.2) is 0 Å². The molecule has 1 aliphatic rings. The summed E-state index contributed by atoms with van der Waals surface area (Å²) in [4.78, 5) is 0. The van der Waals surface area contributed by atoms with Crippen LogP contribution in [0.25, 0.3) is 0 Å². The van der Waals surface area contributed by atoms with Crippen molar-refractivity contribution < 1.29 is 0 Å². The minimum atomic E-state index is 0. The Morgan fingerprint density at radius 2 is 1.38 bits per heavy atom. The molecule has 8 heavy (non-hydrogen) atoms. The minimum Gasteiger partial charge on any atom is -0.153 e. The van der Waals surface area contributed by atoms with E-state index in [-0.39, 0.29) is 9.90 Å². The summed E-state index contributed by atoms with van der Waals surface area (Å²) in [7, 11) is 0. The van der Waals surface area contributed by atoms with E-state index in [9.17, 15) is 0 Å². The molecular weight excluding hydrogens is 115 g/mol. The zero-order chi connectivity index (χ0) is 5.28. The molecule has 0 saturated heterocycles. The van der Waals surface area contributed by atoms with Gasteiger partial charge in [-0.3, -0.25) is 0 Å². The molecule has 0 bridgehead atoms. The highest BCUT2D eigenvalue weighted by Gasteiger charge is 2.17. The lowest BCUT2D eigenvalue weighted by atomic mass is 10.0. The van der Waals surface area contributed by atoms with Gasteiger partial charge in [0.05, 0.1) is 0 Å². The fraction of sp³-hybridized carbons (Fsp3) is 1.00. The Balaban J connectivity index is 0.000000490. The summed E-state index contributed by atoms with van der Waals surface area (Å²) < 4.78 is 0. The molecule has 0 aliphatic heterocycles. The smallest absolute Gasteiger partial charge is 0.0417 e. The van der Waals surface area contributed by atoms with Gasteiger partial charge in [0.2, 0.25) is 0 Å². The maximum atomic E-state index is 2.36. The molecule has 1 aliphatic carbocycles. The molecule has 0 nitrogen and oxygen atoms in total. The lowest BCUT2D eigenvalue weighted by molar-refractivity contribution is 0.457. The van der Waals surface area contributed by atoms with E-state index in [1.807, 2.05) is 0 Å². The molecule has 1 rings (SSSR count). The van der Waals surface area contributed by atoms with Gasteiger partial charge in [-0.1, -0.05) is 33.1 Å². The molecule has 0 aromatic carbocycles. The highest BCUT2D eigenvalue weighted by Crippen LogP contribution is 2.29. The standard InChI is InChI=1S/C7H14.H3P/c1-6-4-3-5-7(6)2;/h6-7H,3-5H2,1-2H3;1H3. The van der Waals surface area contributed by atoms with E-state index < -0.39 is 0 Å². The molecule has 1 heteroatoms. The van der Waals surface area contributed by atoms with E-state index in [1.54, 1.807) is 0 Å². The average molecular weight is 132 g/mol. The van der Waals surface area contributed by atoms with Gasteiger partial charge >= 0.3 is 0 Å². The summed E-state index contributed by atoms with van der Waals surface area (Å²) in [5.41, 5.74) is 0. The monoisotopic (exact) mass is 132 g/mol. The van der Waals surface area contributed by atoms with Crippen molar-refractivity contribution in [3.63, 3.8) is 0 Å². The van der Waals surface area contributed by atoms with Crippen LogP contribution in [0.4, 0.5) is 0 Å². The SMILES string of the molecule is CC1CCCC1C.P. The van der Waals surface area contributed by atoms with Gasteiger partial charge in [-0.25, -0.2) is 0 Å². The predicted octanol–water partition coefficient (Wildman–Crippen LogP) is 2.50. The highest BCUT2D eigenvalue weighted by atomic mass is 31.0. The van der Waals surface area contributed by atoms with Crippen molar-refractivity contribution in [2.45, 2.75) is 33.1 Å². The third-order valence-electron chi connectivity index (χ3n) is 2.29. The van der Waals surface area contributed by atoms with Crippen molar-refractivity contribution in [3.05, 3.63) is 0 Å². The summed E-state index contributed by atoms with van der Waals surface area (Å²) in [5, 5.41) is 0. The fourth-order valence-electron chi connectivity index (χ4n) is 1.33. The minimum absolute atomic E-state index is 0. The quantitative estimate of drug-likeness (QED) is 0.444. The third kappa shape index (κ3) is 1.74. The lowest BCUT2D eigenvalue weighted by Crippen LogP contribution is -1.95. The molecule has 1 fully saturated rings. The molecular formula is C7H17P. The summed E-state index contributed by atoms with van der Waals surface area (Å²) in [5.74, 6) is 2.03. The van der Waals surface area contributed by atoms with Crippen LogP contribution in [-0.2, 0) is 0 Å². The summed E-state index contributed by atoms with van der Waals surface area (Å²) in [6.45, 7) is 4.72. The van der Waals surface area contributed by atoms with Gasteiger partial charge in [-0.15, -0.1) is 0 Å². The molecule has 0 radical (unpaired) electrons. The summed E-state index contributed by atoms with van der Waals surface area (Å²) >= 11 is 0. The second kappa shape index (κ2) is 3.45. The molecule has 1 saturated carbocycles. The first-order chi connectivity index (χ1) is 3.30. The van der Waals surface area contributed by atoms with Gasteiger partial charge in [0, 0.05) is 0 Å². The maximum absolute atomic E-state index is 2.36. The van der Waals surface area contributed by atoms with Crippen molar-refractivity contribution in [2.75, 3.05) is 0 Å². The van der Waals surface area contributed by atoms with Crippen molar-refractivity contribution in [3.8, 4) is 0 Å². The Hall–Kier alpha value is 0.430. The fourth-order valence-corrected chi connectivity index (χ4v) is 1.33. The van der Waals surface area contributed by atoms with E-state index >= 15 is 0 Å². The van der Waals surface area contributed by atoms with Gasteiger partial charge in [-0.2, -0.15) is 9.90 Å². The third-order valence-corrected chi connectivity index (χ3v) is 2.29. The van der Waals surface area contributed by atoms with E-state index in [1.165, 1.54) is 19.3 Å². The van der Waals surface area contributed by atoms with Crippen LogP contribution < -0.4 is 0 Å². The average Bonchev–Trinajstić information content (AvgIpc) is 1.91. The Morgan fingerprint density at radius 3 is 1.50 bits per heavy atom. The number of hydrogen-bond acceptors (Lipinski definition) is 0. The normalized spacial score (nSPS) is 36.8. The van der Waals surface area contributed by atoms with Gasteiger partial charge in [0.25, 0.3) is 0 Å². The van der Waals surface area contributed by atoms with Crippen molar-refractivity contribution in [1.82, 2.24) is 0 Å². The Bertz CT molecular complexity index is 53.4. The zero-order valence-electron chi connectivity index (χ0n) is 5.98. The van der Waals surface area contributed by atoms with Crippen molar-refractivity contribution in [1.29, 1.82) is 0 Å². The first-order valence-corrected chi connectivity index (χ1v) is 3.30. The molecule has 3 atom stereocenters. The van der Waals surface area contributed by atoms with Gasteiger partial charge in [0.15, 0.2) is 0 Å². The lowest BCUT2D eigenvalue weighted by Gasteiger charge is -2.05. The summed E-state index contributed by atoms with van der Waals surface area (Å²) in [6, 6.07) is 0. The van der Waals surface area contributed by atoms with E-state index in [2.05, 4.69) is 13.8 Å². The van der Waals surface area contributed by atoms with Crippen LogP contribution in [0.3, 0.4) is 0 Å². The second-order valence-corrected chi connectivity index (χ2v) is 2.89. The van der Waals surface area contributed by atoms with Crippen LogP contribution in [0.5, 0.6) is 0 Å². The Labute approximate surface area is 55.7 Å². The zero-order valence-corrected chi connectivity index (χ0v) is 7.40. The van der Waals surface area contributed by atoms with Gasteiger partial charge in [0.1, 0.15) is 0 Å². The molecule has 3 unspecified atom stereocenters. The van der Waals surface area contributed by atoms with Crippen LogP contribution in [0.2, 0.25) is 0 Å². The Kier molecular flexibility index (Phi) is 3.64. The van der Waals surface area contributed by atoms with Crippen LogP contribution >= 0.6 is 9.90 Å². The molecule has 50 valence electrons. The van der Waals surface area contributed by atoms with Gasteiger partial charge < -0.3 is 0 Å². The number of rotatable bonds is 0. The highest BCUT2D eigenvalue weighted by molar-refractivity contribution is 6.92. The van der Waals surface area contributed by atoms with Gasteiger partial charge in [-0.05, 0) is 11.8 Å². The summed E-state index contributed by atoms with van der Waals surface area (Å²) in [6.07, 6.45) is 4.42. The van der Waals surface area contributed by atoms with Crippen LogP contribution in [0.1, 0.15) is 33.1 Å². The number of hydrogen-bond donors (Lipinski definition) is 0. The van der Waals surface area contributed by atoms with E-state index in [0.717, 1.165) is 11.8 Å². The van der Waals surface area contributed by atoms with Crippen LogP contribution in [0, 0.1) is 11.8 Å². The predicted molar refractivity (Wildman–Crippen MR) is 43.3 cm³/mol. The molecule has 0 spiro atoms. The van der Waals surface area contributed by atoms with E-state index in [0.29, 0.717) is 0 Å². The molecule has 0 amide bonds. The second-order valence-electron chi connectivity index (χ2n) is 2.89. The Morgan fingerprint density at radius 1 is 1.00 bits per heavy atom. The van der Waals surface area contributed by atoms with Crippen LogP contribution in [-0.4, -0.2) is 0 Å². The largest absolute Gasteiger partial charge is 0.153 e. The molecule has 0 aromatic heterocycles. The van der Waals surface area contributed by atoms with Crippen molar-refractivity contribution >= 4 is 9.90 Å². The topological polar surface area (TPSA) is 0 Å². The maximum Gasteiger partial charge on any atom is -0.0417 e. The molecule has 0 aromatic rings. The molecule has 0 N–H and O–H groups in total. The first kappa shape index (κ1) is 8.43. The first-order valence-electron chi connectivity index (χ1n) is 3.30. The van der Waals surface area contributed by atoms with Crippen molar-refractivity contribution in [2.24, 2.45) is 11.8 Å². The van der Waals surface area contributed by atoms with E-state index in [4.69, 9.17) is 0 Å².